The SMILES string of the molecule is C1CCC([PH+](C2CCCCC2)C2CCCCC2)CC1.C=S(=O)(c1ccc(OC(C)C)c([CH]=[Ru]([Cl])[Cl])c1)N(C)C. The zero-order valence-electron chi connectivity index (χ0n) is 24.7. The summed E-state index contributed by atoms with van der Waals surface area (Å²) in [6.45, 7) is 3.89. The maximum atomic E-state index is 12.6. The molecular formula is C31H53Cl2NO2PRuS+. The summed E-state index contributed by atoms with van der Waals surface area (Å²) in [6, 6.07) is 5.35. The molecule has 0 amide bonds. The van der Waals surface area contributed by atoms with Crippen LogP contribution in [-0.2, 0) is 23.2 Å². The van der Waals surface area contributed by atoms with Gasteiger partial charge in [0.05, 0.1) is 17.0 Å². The second kappa shape index (κ2) is 17.0. The maximum absolute atomic E-state index is 12.6. The third kappa shape index (κ3) is 10.6. The van der Waals surface area contributed by atoms with Crippen LogP contribution in [0, 0.1) is 0 Å². The molecule has 226 valence electrons. The van der Waals surface area contributed by atoms with E-state index in [4.69, 9.17) is 24.1 Å². The minimum absolute atomic E-state index is 0.0391. The van der Waals surface area contributed by atoms with Crippen molar-refractivity contribution in [2.45, 2.75) is 138 Å². The van der Waals surface area contributed by atoms with Crippen molar-refractivity contribution in [3.63, 3.8) is 0 Å². The van der Waals surface area contributed by atoms with Crippen LogP contribution in [0.25, 0.3) is 0 Å². The zero-order valence-corrected chi connectivity index (χ0v) is 29.8. The van der Waals surface area contributed by atoms with Crippen molar-refractivity contribution in [2.75, 3.05) is 14.1 Å². The fourth-order valence-electron chi connectivity index (χ4n) is 6.77. The molecule has 4 rings (SSSR count). The van der Waals surface area contributed by atoms with Crippen LogP contribution >= 0.6 is 27.3 Å². The summed E-state index contributed by atoms with van der Waals surface area (Å²) in [4.78, 5) is 0.633. The molecule has 0 aliphatic heterocycles. The monoisotopic (exact) mass is 706 g/mol. The van der Waals surface area contributed by atoms with Gasteiger partial charge in [0, 0.05) is 7.92 Å². The number of rotatable bonds is 8. The van der Waals surface area contributed by atoms with Crippen LogP contribution in [0.15, 0.2) is 23.1 Å². The zero-order chi connectivity index (χ0) is 28.4. The van der Waals surface area contributed by atoms with E-state index in [1.165, 1.54) is 17.0 Å². The van der Waals surface area contributed by atoms with E-state index in [0.717, 1.165) is 5.56 Å². The van der Waals surface area contributed by atoms with Crippen molar-refractivity contribution in [3.05, 3.63) is 23.8 Å². The third-order valence-corrected chi connectivity index (χ3v) is 17.3. The molecule has 3 aliphatic carbocycles. The Morgan fingerprint density at radius 3 is 1.69 bits per heavy atom. The van der Waals surface area contributed by atoms with Crippen LogP contribution in [0.1, 0.15) is 116 Å². The number of halogens is 2. The van der Waals surface area contributed by atoms with Gasteiger partial charge in [0.25, 0.3) is 0 Å². The number of hydrogen-bond donors (Lipinski definition) is 0. The van der Waals surface area contributed by atoms with E-state index in [0.29, 0.717) is 10.6 Å². The van der Waals surface area contributed by atoms with Gasteiger partial charge in [0.2, 0.25) is 0 Å². The number of hydrogen-bond acceptors (Lipinski definition) is 2. The van der Waals surface area contributed by atoms with E-state index in [2.05, 4.69) is 5.87 Å². The Hall–Kier alpha value is 0.503. The molecule has 0 radical (unpaired) electrons. The first-order chi connectivity index (χ1) is 18.6. The predicted molar refractivity (Wildman–Crippen MR) is 175 cm³/mol. The van der Waals surface area contributed by atoms with Gasteiger partial charge < -0.3 is 0 Å². The Balaban J connectivity index is 0.000000216. The van der Waals surface area contributed by atoms with Gasteiger partial charge in [-0.2, -0.15) is 0 Å². The molecule has 1 aromatic carbocycles. The minimum atomic E-state index is -2.49. The third-order valence-electron chi connectivity index (χ3n) is 8.72. The van der Waals surface area contributed by atoms with Crippen LogP contribution in [-0.4, -0.2) is 56.2 Å². The van der Waals surface area contributed by atoms with E-state index < -0.39 is 23.2 Å². The van der Waals surface area contributed by atoms with Crippen LogP contribution in [0.3, 0.4) is 0 Å². The second-order valence-corrected chi connectivity index (χ2v) is 23.8. The number of nitrogens with zero attached hydrogens (tertiary/aromatic N) is 1. The topological polar surface area (TPSA) is 29.5 Å². The Morgan fingerprint density at radius 2 is 1.33 bits per heavy atom. The average molecular weight is 707 g/mol. The molecule has 0 aromatic heterocycles. The standard InChI is InChI=1S/C18H33P.C13H19NO2S.2ClH.Ru/c1-4-10-16(11-5-1)19(17-12-6-2-7-13-17)18-14-8-3-9-15-18;1-10(2)16-13-8-7-12(9-11(13)3)17(6,15)14(4)5;;;/h16-18H,1-15H2;3,7-10H,6H2,1-2,4-5H3;2*1H;/q;;;;+2/p-1. The molecule has 1 unspecified atom stereocenters. The first-order valence-electron chi connectivity index (χ1n) is 15.1. The summed E-state index contributed by atoms with van der Waals surface area (Å²) in [7, 11) is 12.8. The Kier molecular flexibility index (Phi) is 14.8. The van der Waals surface area contributed by atoms with Gasteiger partial charge in [-0.1, -0.05) is 19.3 Å². The first-order valence-corrected chi connectivity index (χ1v) is 24.0. The van der Waals surface area contributed by atoms with Gasteiger partial charge in [-0.3, -0.25) is 0 Å². The average Bonchev–Trinajstić information content (AvgIpc) is 2.91. The number of benzene rings is 1. The molecule has 0 bridgehead atoms. The Bertz CT molecular complexity index is 969. The van der Waals surface area contributed by atoms with Gasteiger partial charge in [0.1, 0.15) is 0 Å². The molecule has 3 aliphatic rings. The van der Waals surface area contributed by atoms with Crippen LogP contribution in [0.5, 0.6) is 5.75 Å². The van der Waals surface area contributed by atoms with Crippen molar-refractivity contribution < 1.29 is 22.5 Å². The van der Waals surface area contributed by atoms with Gasteiger partial charge in [-0.25, -0.2) is 0 Å². The summed E-state index contributed by atoms with van der Waals surface area (Å²) >= 11 is -2.00. The molecule has 3 fully saturated rings. The van der Waals surface area contributed by atoms with Crippen molar-refractivity contribution >= 4 is 47.5 Å². The van der Waals surface area contributed by atoms with Gasteiger partial charge in [-0.15, -0.1) is 0 Å². The summed E-state index contributed by atoms with van der Waals surface area (Å²) in [5.41, 5.74) is 4.46. The molecule has 1 atom stereocenters. The first kappa shape index (κ1) is 34.0. The molecule has 0 heterocycles. The molecule has 0 spiro atoms. The second-order valence-electron chi connectivity index (χ2n) is 12.1. The van der Waals surface area contributed by atoms with E-state index in [9.17, 15) is 4.21 Å². The van der Waals surface area contributed by atoms with Crippen molar-refractivity contribution in [1.82, 2.24) is 4.31 Å². The van der Waals surface area contributed by atoms with Gasteiger partial charge in [0.15, 0.2) is 0 Å². The quantitative estimate of drug-likeness (QED) is 0.153. The molecular weight excluding hydrogens is 653 g/mol. The van der Waals surface area contributed by atoms with Crippen molar-refractivity contribution in [2.24, 2.45) is 0 Å². The van der Waals surface area contributed by atoms with E-state index in [-0.39, 0.29) is 14.0 Å². The van der Waals surface area contributed by atoms with E-state index in [1.807, 2.05) is 13.8 Å². The van der Waals surface area contributed by atoms with Crippen molar-refractivity contribution in [3.8, 4) is 5.75 Å². The summed E-state index contributed by atoms with van der Waals surface area (Å²) < 4.78 is 21.7. The van der Waals surface area contributed by atoms with E-state index in [1.54, 1.807) is 138 Å². The number of ether oxygens (including phenoxy) is 1. The molecule has 3 saturated carbocycles. The molecule has 39 heavy (non-hydrogen) atoms. The fourth-order valence-corrected chi connectivity index (χ4v) is 14.8. The Morgan fingerprint density at radius 1 is 0.897 bits per heavy atom. The molecule has 0 saturated heterocycles. The molecule has 0 N–H and O–H groups in total. The molecule has 8 heteroatoms. The normalized spacial score (nSPS) is 21.8. The Labute approximate surface area is 254 Å². The molecule has 3 nitrogen and oxygen atoms in total. The van der Waals surface area contributed by atoms with Crippen LogP contribution in [0.4, 0.5) is 0 Å². The van der Waals surface area contributed by atoms with E-state index >= 15 is 0 Å². The van der Waals surface area contributed by atoms with Crippen molar-refractivity contribution in [1.29, 1.82) is 0 Å². The summed E-state index contributed by atoms with van der Waals surface area (Å²) in [5, 5.41) is 0. The summed E-state index contributed by atoms with van der Waals surface area (Å²) in [5.74, 6) is 4.49. The fraction of sp³-hybridized carbons (Fsp3) is 0.742. The van der Waals surface area contributed by atoms with Crippen LogP contribution < -0.4 is 4.74 Å². The molecule has 1 aromatic rings. The summed E-state index contributed by atoms with van der Waals surface area (Å²) in [6.07, 6.45) is 23.8. The van der Waals surface area contributed by atoms with Gasteiger partial charge in [-0.05, 0) is 77.0 Å². The predicted octanol–water partition coefficient (Wildman–Crippen LogP) is 9.30. The van der Waals surface area contributed by atoms with Gasteiger partial charge >= 0.3 is 135 Å². The van der Waals surface area contributed by atoms with Crippen LogP contribution in [0.2, 0.25) is 0 Å².